The third-order valence-corrected chi connectivity index (χ3v) is 1.98. The van der Waals surface area contributed by atoms with Crippen molar-refractivity contribution in [3.05, 3.63) is 28.8 Å². The Balaban J connectivity index is 2.93. The van der Waals surface area contributed by atoms with Gasteiger partial charge in [0.1, 0.15) is 0 Å². The maximum Gasteiger partial charge on any atom is 0.0656 e. The van der Waals surface area contributed by atoms with E-state index >= 15 is 0 Å². The predicted molar refractivity (Wildman–Crippen MR) is 63.8 cm³/mol. The van der Waals surface area contributed by atoms with Gasteiger partial charge in [-0.25, -0.2) is 0 Å². The first-order valence-corrected chi connectivity index (χ1v) is 5.08. The fourth-order valence-electron chi connectivity index (χ4n) is 1.03. The summed E-state index contributed by atoms with van der Waals surface area (Å²) in [6.07, 6.45) is 1.96. The molecule has 0 heterocycles. The fourth-order valence-corrected chi connectivity index (χ4v) is 1.25. The molecule has 1 aromatic rings. The summed E-state index contributed by atoms with van der Waals surface area (Å²) in [5.41, 5.74) is 2.22. The molecule has 0 spiro atoms. The maximum atomic E-state index is 5.86. The molecule has 0 unspecified atom stereocenters. The van der Waals surface area contributed by atoms with E-state index in [2.05, 4.69) is 25.8 Å². The summed E-state index contributed by atoms with van der Waals surface area (Å²) in [5, 5.41) is 0.761. The lowest BCUT2D eigenvalue weighted by molar-refractivity contribution is 0.607. The summed E-state index contributed by atoms with van der Waals surface area (Å²) in [4.78, 5) is 4.43. The molecule has 0 saturated carbocycles. The van der Waals surface area contributed by atoms with Gasteiger partial charge in [-0.2, -0.15) is 0 Å². The van der Waals surface area contributed by atoms with Gasteiger partial charge in [-0.1, -0.05) is 32.4 Å². The molecule has 1 nitrogen and oxygen atoms in total. The first-order valence-electron chi connectivity index (χ1n) is 4.70. The molecule has 2 heteroatoms. The van der Waals surface area contributed by atoms with E-state index in [1.807, 2.05) is 31.3 Å². The molecular formula is C12H16ClN. The van der Waals surface area contributed by atoms with Crippen LogP contribution in [0.2, 0.25) is 5.02 Å². The second-order valence-electron chi connectivity index (χ2n) is 4.56. The number of hydrogen-bond acceptors (Lipinski definition) is 1. The molecule has 0 aliphatic rings. The molecule has 1 rings (SSSR count). The molecule has 0 bridgehead atoms. The van der Waals surface area contributed by atoms with Gasteiger partial charge in [-0.15, -0.1) is 0 Å². The van der Waals surface area contributed by atoms with Crippen molar-refractivity contribution in [3.8, 4) is 0 Å². The van der Waals surface area contributed by atoms with Crippen LogP contribution in [0.25, 0.3) is 0 Å². The zero-order valence-electron chi connectivity index (χ0n) is 9.13. The molecule has 1 aromatic carbocycles. The van der Waals surface area contributed by atoms with Crippen LogP contribution in [0.15, 0.2) is 23.2 Å². The summed E-state index contributed by atoms with van der Waals surface area (Å²) in [6, 6.07) is 5.74. The topological polar surface area (TPSA) is 12.4 Å². The fraction of sp³-hybridized carbons (Fsp3) is 0.417. The Labute approximate surface area is 90.8 Å². The quantitative estimate of drug-likeness (QED) is 0.608. The van der Waals surface area contributed by atoms with E-state index in [4.69, 9.17) is 11.6 Å². The van der Waals surface area contributed by atoms with Crippen LogP contribution in [0.1, 0.15) is 26.3 Å². The SMILES string of the molecule is Cc1cc(Cl)ccc1/N=C\C(C)(C)C. The first kappa shape index (κ1) is 11.3. The van der Waals surface area contributed by atoms with Crippen molar-refractivity contribution >= 4 is 23.5 Å². The highest BCUT2D eigenvalue weighted by Gasteiger charge is 2.05. The van der Waals surface area contributed by atoms with Crippen LogP contribution in [-0.2, 0) is 0 Å². The van der Waals surface area contributed by atoms with Gasteiger partial charge in [0.05, 0.1) is 5.69 Å². The molecule has 0 saturated heterocycles. The Hall–Kier alpha value is -0.820. The van der Waals surface area contributed by atoms with E-state index < -0.39 is 0 Å². The van der Waals surface area contributed by atoms with Crippen molar-refractivity contribution < 1.29 is 0 Å². The highest BCUT2D eigenvalue weighted by atomic mass is 35.5. The monoisotopic (exact) mass is 209 g/mol. The molecular weight excluding hydrogens is 194 g/mol. The minimum atomic E-state index is 0.117. The van der Waals surface area contributed by atoms with Crippen LogP contribution in [0, 0.1) is 12.3 Å². The minimum absolute atomic E-state index is 0.117. The van der Waals surface area contributed by atoms with E-state index in [1.54, 1.807) is 0 Å². The van der Waals surface area contributed by atoms with Gasteiger partial charge in [0, 0.05) is 11.2 Å². The third-order valence-electron chi connectivity index (χ3n) is 1.75. The average molecular weight is 210 g/mol. The lowest BCUT2D eigenvalue weighted by atomic mass is 9.99. The molecule has 0 aliphatic heterocycles. The Kier molecular flexibility index (Phi) is 3.33. The number of nitrogens with zero attached hydrogens (tertiary/aromatic N) is 1. The summed E-state index contributed by atoms with van der Waals surface area (Å²) in [7, 11) is 0. The summed E-state index contributed by atoms with van der Waals surface area (Å²) in [6.45, 7) is 8.40. The van der Waals surface area contributed by atoms with Crippen LogP contribution in [0.3, 0.4) is 0 Å². The second kappa shape index (κ2) is 4.14. The number of aliphatic imine (C=N–C) groups is 1. The summed E-state index contributed by atoms with van der Waals surface area (Å²) in [5.74, 6) is 0. The number of halogens is 1. The molecule has 0 aromatic heterocycles. The van der Waals surface area contributed by atoms with E-state index in [0.29, 0.717) is 0 Å². The van der Waals surface area contributed by atoms with Crippen LogP contribution in [0.4, 0.5) is 5.69 Å². The van der Waals surface area contributed by atoms with Crippen LogP contribution in [-0.4, -0.2) is 6.21 Å². The lowest BCUT2D eigenvalue weighted by Gasteiger charge is -2.10. The smallest absolute Gasteiger partial charge is 0.0656 e. The maximum absolute atomic E-state index is 5.86. The highest BCUT2D eigenvalue weighted by molar-refractivity contribution is 6.30. The summed E-state index contributed by atoms with van der Waals surface area (Å²) < 4.78 is 0. The van der Waals surface area contributed by atoms with Gasteiger partial charge >= 0.3 is 0 Å². The molecule has 76 valence electrons. The molecule has 14 heavy (non-hydrogen) atoms. The van der Waals surface area contributed by atoms with Gasteiger partial charge in [0.2, 0.25) is 0 Å². The van der Waals surface area contributed by atoms with Crippen LogP contribution >= 0.6 is 11.6 Å². The number of rotatable bonds is 1. The van der Waals surface area contributed by atoms with Crippen LogP contribution < -0.4 is 0 Å². The van der Waals surface area contributed by atoms with Crippen molar-refractivity contribution in [2.45, 2.75) is 27.7 Å². The van der Waals surface area contributed by atoms with E-state index in [9.17, 15) is 0 Å². The number of aryl methyl sites for hydroxylation is 1. The van der Waals surface area contributed by atoms with Crippen molar-refractivity contribution in [1.29, 1.82) is 0 Å². The van der Waals surface area contributed by atoms with E-state index in [1.165, 1.54) is 0 Å². The van der Waals surface area contributed by atoms with Crippen molar-refractivity contribution in [2.24, 2.45) is 10.4 Å². The molecule has 0 amide bonds. The van der Waals surface area contributed by atoms with Gasteiger partial charge in [0.25, 0.3) is 0 Å². The minimum Gasteiger partial charge on any atom is -0.260 e. The van der Waals surface area contributed by atoms with Gasteiger partial charge < -0.3 is 0 Å². The Morgan fingerprint density at radius 2 is 1.93 bits per heavy atom. The van der Waals surface area contributed by atoms with Gasteiger partial charge in [-0.3, -0.25) is 4.99 Å². The number of benzene rings is 1. The van der Waals surface area contributed by atoms with Crippen molar-refractivity contribution in [3.63, 3.8) is 0 Å². The zero-order valence-corrected chi connectivity index (χ0v) is 9.89. The van der Waals surface area contributed by atoms with E-state index in [-0.39, 0.29) is 5.41 Å². The van der Waals surface area contributed by atoms with Gasteiger partial charge in [0.15, 0.2) is 0 Å². The Bertz CT molecular complexity index is 348. The largest absolute Gasteiger partial charge is 0.260 e. The standard InChI is InChI=1S/C12H16ClN/c1-9-7-10(13)5-6-11(9)14-8-12(2,3)4/h5-8H,1-4H3/b14-8-. The molecule has 0 atom stereocenters. The molecule has 0 N–H and O–H groups in total. The highest BCUT2D eigenvalue weighted by Crippen LogP contribution is 2.23. The third kappa shape index (κ3) is 3.51. The predicted octanol–water partition coefficient (Wildman–Crippen LogP) is 4.40. The van der Waals surface area contributed by atoms with Crippen LogP contribution in [0.5, 0.6) is 0 Å². The molecule has 0 fully saturated rings. The average Bonchev–Trinajstić information content (AvgIpc) is 2.00. The molecule has 0 aliphatic carbocycles. The first-order chi connectivity index (χ1) is 6.38. The molecule has 0 radical (unpaired) electrons. The normalized spacial score (nSPS) is 12.4. The number of hydrogen-bond donors (Lipinski definition) is 0. The van der Waals surface area contributed by atoms with Gasteiger partial charge in [-0.05, 0) is 36.1 Å². The van der Waals surface area contributed by atoms with Crippen molar-refractivity contribution in [2.75, 3.05) is 0 Å². The van der Waals surface area contributed by atoms with E-state index in [0.717, 1.165) is 16.3 Å². The van der Waals surface area contributed by atoms with Crippen molar-refractivity contribution in [1.82, 2.24) is 0 Å². The second-order valence-corrected chi connectivity index (χ2v) is 4.99. The Morgan fingerprint density at radius 3 is 2.43 bits per heavy atom. The summed E-state index contributed by atoms with van der Waals surface area (Å²) >= 11 is 5.86. The zero-order chi connectivity index (χ0) is 10.8. The lowest BCUT2D eigenvalue weighted by Crippen LogP contribution is -2.05. The Morgan fingerprint density at radius 1 is 1.29 bits per heavy atom.